The van der Waals surface area contributed by atoms with Gasteiger partial charge in [0.25, 0.3) is 0 Å². The third-order valence-electron chi connectivity index (χ3n) is 3.01. The Labute approximate surface area is 134 Å². The third kappa shape index (κ3) is 6.54. The summed E-state index contributed by atoms with van der Waals surface area (Å²) in [5.74, 6) is -0.764. The number of aliphatic imine (C=N–C) groups is 1. The average Bonchev–Trinajstić information content (AvgIpc) is 2.51. The molecule has 0 saturated heterocycles. The zero-order valence-corrected chi connectivity index (χ0v) is 13.3. The number of nitrogens with zero attached hydrogens (tertiary/aromatic N) is 1. The number of carboxylic acid groups (broad SMARTS) is 1. The van der Waals surface area contributed by atoms with E-state index in [0.717, 1.165) is 0 Å². The molecule has 0 heterocycles. The standard InChI is InChI=1S/C15H23N3O5/c1-3-22-13(23-7-6-18-15(16)17-2)9-10-8-11(19)4-5-12(10)14(20)21/h4-5,8,13,19H,3,6-7,9H2,1-2H3,(H,20,21)(H3,16,17,18). The van der Waals surface area contributed by atoms with E-state index in [2.05, 4.69) is 10.3 Å². The minimum absolute atomic E-state index is 0.00570. The van der Waals surface area contributed by atoms with Gasteiger partial charge in [0.05, 0.1) is 12.2 Å². The van der Waals surface area contributed by atoms with Gasteiger partial charge in [-0.1, -0.05) is 0 Å². The second-order valence-electron chi connectivity index (χ2n) is 4.64. The third-order valence-corrected chi connectivity index (χ3v) is 3.01. The molecule has 1 aromatic rings. The van der Waals surface area contributed by atoms with Gasteiger partial charge in [0.1, 0.15) is 5.75 Å². The Morgan fingerprint density at radius 2 is 2.17 bits per heavy atom. The molecule has 8 nitrogen and oxygen atoms in total. The van der Waals surface area contributed by atoms with Crippen LogP contribution in [0, 0.1) is 0 Å². The lowest BCUT2D eigenvalue weighted by Gasteiger charge is -2.19. The minimum atomic E-state index is -1.07. The molecule has 0 radical (unpaired) electrons. The Balaban J connectivity index is 2.68. The fraction of sp³-hybridized carbons (Fsp3) is 0.467. The second-order valence-corrected chi connectivity index (χ2v) is 4.64. The molecule has 0 fully saturated rings. The second kappa shape index (κ2) is 9.65. The number of aromatic hydroxyl groups is 1. The van der Waals surface area contributed by atoms with Gasteiger partial charge in [0.2, 0.25) is 0 Å². The van der Waals surface area contributed by atoms with Crippen molar-refractivity contribution in [3.8, 4) is 5.75 Å². The maximum absolute atomic E-state index is 11.2. The summed E-state index contributed by atoms with van der Waals surface area (Å²) in [6, 6.07) is 4.09. The van der Waals surface area contributed by atoms with Crippen LogP contribution in [0.5, 0.6) is 5.75 Å². The van der Waals surface area contributed by atoms with Crippen LogP contribution in [0.25, 0.3) is 0 Å². The summed E-state index contributed by atoms with van der Waals surface area (Å²) in [6.07, 6.45) is -0.414. The highest BCUT2D eigenvalue weighted by Gasteiger charge is 2.17. The Bertz CT molecular complexity index is 548. The number of hydrogen-bond acceptors (Lipinski definition) is 5. The summed E-state index contributed by atoms with van der Waals surface area (Å²) in [7, 11) is 1.57. The fourth-order valence-electron chi connectivity index (χ4n) is 1.94. The van der Waals surface area contributed by atoms with Crippen LogP contribution < -0.4 is 11.1 Å². The normalized spacial score (nSPS) is 12.9. The van der Waals surface area contributed by atoms with Crippen LogP contribution in [0.2, 0.25) is 0 Å². The molecule has 1 atom stereocenters. The smallest absolute Gasteiger partial charge is 0.335 e. The van der Waals surface area contributed by atoms with Gasteiger partial charge in [0.15, 0.2) is 12.2 Å². The van der Waals surface area contributed by atoms with Gasteiger partial charge in [-0.05, 0) is 30.7 Å². The van der Waals surface area contributed by atoms with Crippen molar-refractivity contribution >= 4 is 11.9 Å². The molecular weight excluding hydrogens is 302 g/mol. The Hall–Kier alpha value is -2.32. The number of nitrogens with two attached hydrogens (primary N) is 1. The van der Waals surface area contributed by atoms with Gasteiger partial charge in [-0.25, -0.2) is 4.79 Å². The highest BCUT2D eigenvalue weighted by molar-refractivity contribution is 5.89. The molecule has 1 aromatic carbocycles. The van der Waals surface area contributed by atoms with E-state index in [9.17, 15) is 15.0 Å². The number of carboxylic acids is 1. The van der Waals surface area contributed by atoms with Gasteiger partial charge in [0, 0.05) is 26.6 Å². The molecule has 0 spiro atoms. The maximum atomic E-state index is 11.2. The highest BCUT2D eigenvalue weighted by Crippen LogP contribution is 2.19. The van der Waals surface area contributed by atoms with E-state index in [1.54, 1.807) is 7.05 Å². The van der Waals surface area contributed by atoms with Crippen LogP contribution >= 0.6 is 0 Å². The van der Waals surface area contributed by atoms with Crippen molar-refractivity contribution < 1.29 is 24.5 Å². The molecule has 23 heavy (non-hydrogen) atoms. The van der Waals surface area contributed by atoms with Crippen molar-refractivity contribution in [1.82, 2.24) is 5.32 Å². The molecule has 5 N–H and O–H groups in total. The number of ether oxygens (including phenoxy) is 2. The van der Waals surface area contributed by atoms with E-state index < -0.39 is 12.3 Å². The van der Waals surface area contributed by atoms with Crippen molar-refractivity contribution in [2.75, 3.05) is 26.8 Å². The summed E-state index contributed by atoms with van der Waals surface area (Å²) in [4.78, 5) is 15.0. The number of rotatable bonds is 9. The SMILES string of the molecule is CCOC(Cc1cc(O)ccc1C(=O)O)OCCNC(N)=NC. The van der Waals surface area contributed by atoms with Gasteiger partial charge < -0.3 is 30.7 Å². The van der Waals surface area contributed by atoms with Crippen molar-refractivity contribution in [2.24, 2.45) is 10.7 Å². The van der Waals surface area contributed by atoms with Gasteiger partial charge in [-0.3, -0.25) is 4.99 Å². The molecule has 128 valence electrons. The lowest BCUT2D eigenvalue weighted by Crippen LogP contribution is -2.35. The number of phenolic OH excluding ortho intramolecular Hbond substituents is 1. The number of guanidine groups is 1. The summed E-state index contributed by atoms with van der Waals surface area (Å²) in [5.41, 5.74) is 6.05. The fourth-order valence-corrected chi connectivity index (χ4v) is 1.94. The molecule has 0 aromatic heterocycles. The predicted octanol–water partition coefficient (Wildman–Crippen LogP) is 0.546. The molecule has 8 heteroatoms. The van der Waals surface area contributed by atoms with Crippen molar-refractivity contribution in [2.45, 2.75) is 19.6 Å². The quantitative estimate of drug-likeness (QED) is 0.226. The lowest BCUT2D eigenvalue weighted by atomic mass is 10.0. The summed E-state index contributed by atoms with van der Waals surface area (Å²) in [6.45, 7) is 2.98. The Kier molecular flexibility index (Phi) is 7.86. The number of phenols is 1. The minimum Gasteiger partial charge on any atom is -0.508 e. The van der Waals surface area contributed by atoms with E-state index >= 15 is 0 Å². The first-order valence-electron chi connectivity index (χ1n) is 7.22. The first-order valence-corrected chi connectivity index (χ1v) is 7.22. The van der Waals surface area contributed by atoms with E-state index in [0.29, 0.717) is 31.3 Å². The summed E-state index contributed by atoms with van der Waals surface area (Å²) in [5, 5.41) is 21.6. The van der Waals surface area contributed by atoms with Crippen LogP contribution in [0.15, 0.2) is 23.2 Å². The summed E-state index contributed by atoms with van der Waals surface area (Å²) >= 11 is 0. The number of aromatic carboxylic acids is 1. The van der Waals surface area contributed by atoms with Gasteiger partial charge in [-0.2, -0.15) is 0 Å². The number of nitrogens with one attached hydrogen (secondary N) is 1. The van der Waals surface area contributed by atoms with E-state index in [-0.39, 0.29) is 17.7 Å². The van der Waals surface area contributed by atoms with Crippen LogP contribution in [0.3, 0.4) is 0 Å². The van der Waals surface area contributed by atoms with Gasteiger partial charge in [-0.15, -0.1) is 0 Å². The zero-order valence-electron chi connectivity index (χ0n) is 13.3. The van der Waals surface area contributed by atoms with Gasteiger partial charge >= 0.3 is 5.97 Å². The molecule has 0 amide bonds. The van der Waals surface area contributed by atoms with Crippen LogP contribution in [-0.2, 0) is 15.9 Å². The number of hydrogen-bond donors (Lipinski definition) is 4. The Morgan fingerprint density at radius 1 is 1.43 bits per heavy atom. The highest BCUT2D eigenvalue weighted by atomic mass is 16.7. The molecule has 0 aliphatic rings. The van der Waals surface area contributed by atoms with Crippen LogP contribution in [0.1, 0.15) is 22.8 Å². The van der Waals surface area contributed by atoms with E-state index in [1.807, 2.05) is 6.92 Å². The van der Waals surface area contributed by atoms with Crippen LogP contribution in [-0.4, -0.2) is 55.2 Å². The number of carbonyl (C=O) groups is 1. The lowest BCUT2D eigenvalue weighted by molar-refractivity contribution is -0.136. The Morgan fingerprint density at radius 3 is 2.78 bits per heavy atom. The maximum Gasteiger partial charge on any atom is 0.335 e. The molecule has 0 aliphatic heterocycles. The van der Waals surface area contributed by atoms with Crippen molar-refractivity contribution in [3.05, 3.63) is 29.3 Å². The topological polar surface area (TPSA) is 126 Å². The van der Waals surface area contributed by atoms with E-state index in [4.69, 9.17) is 15.2 Å². The zero-order chi connectivity index (χ0) is 17.2. The largest absolute Gasteiger partial charge is 0.508 e. The molecule has 1 rings (SSSR count). The monoisotopic (exact) mass is 325 g/mol. The predicted molar refractivity (Wildman–Crippen MR) is 85.7 cm³/mol. The number of benzene rings is 1. The van der Waals surface area contributed by atoms with Crippen molar-refractivity contribution in [1.29, 1.82) is 0 Å². The average molecular weight is 325 g/mol. The first kappa shape index (κ1) is 18.7. The molecule has 1 unspecified atom stereocenters. The summed E-state index contributed by atoms with van der Waals surface area (Å²) < 4.78 is 11.1. The van der Waals surface area contributed by atoms with Crippen LogP contribution in [0.4, 0.5) is 0 Å². The molecule has 0 saturated carbocycles. The van der Waals surface area contributed by atoms with E-state index in [1.165, 1.54) is 18.2 Å². The van der Waals surface area contributed by atoms with Crippen molar-refractivity contribution in [3.63, 3.8) is 0 Å². The molecule has 0 aliphatic carbocycles. The first-order chi connectivity index (χ1) is 11.0. The molecule has 0 bridgehead atoms. The molecular formula is C15H23N3O5.